The number of sulfonamides is 1. The van der Waals surface area contributed by atoms with Gasteiger partial charge in [0.15, 0.2) is 0 Å². The topological polar surface area (TPSA) is 66.5 Å². The summed E-state index contributed by atoms with van der Waals surface area (Å²) >= 11 is 1.15. The molecule has 1 aromatic heterocycles. The van der Waals surface area contributed by atoms with E-state index in [0.29, 0.717) is 13.1 Å². The van der Waals surface area contributed by atoms with Gasteiger partial charge in [-0.25, -0.2) is 8.42 Å². The van der Waals surface area contributed by atoms with Crippen molar-refractivity contribution in [3.8, 4) is 0 Å². The minimum absolute atomic E-state index is 0.113. The van der Waals surface area contributed by atoms with Crippen molar-refractivity contribution in [2.75, 3.05) is 13.1 Å². The first-order valence-corrected chi connectivity index (χ1v) is 10.0. The number of rotatable bonds is 9. The van der Waals surface area contributed by atoms with Gasteiger partial charge >= 0.3 is 0 Å². The molecule has 0 saturated heterocycles. The Morgan fingerprint density at radius 2 is 2.05 bits per heavy atom. The molecular formula is C15H26N2O3S2. The van der Waals surface area contributed by atoms with Gasteiger partial charge in [0.1, 0.15) is 10.3 Å². The molecule has 1 rings (SSSR count). The highest BCUT2D eigenvalue weighted by molar-refractivity contribution is 7.91. The average molecular weight is 347 g/mol. The van der Waals surface area contributed by atoms with Crippen LogP contribution in [-0.4, -0.2) is 38.4 Å². The van der Waals surface area contributed by atoms with Gasteiger partial charge in [0.25, 0.3) is 10.0 Å². The summed E-state index contributed by atoms with van der Waals surface area (Å²) in [5.74, 6) is -0.260. The molecule has 126 valence electrons. The number of hydrogen-bond acceptors (Lipinski definition) is 4. The molecule has 1 aromatic rings. The number of amides is 1. The second kappa shape index (κ2) is 8.64. The van der Waals surface area contributed by atoms with E-state index in [-0.39, 0.29) is 16.0 Å². The Morgan fingerprint density at radius 3 is 2.50 bits per heavy atom. The molecule has 0 aliphatic carbocycles. The van der Waals surface area contributed by atoms with Crippen LogP contribution in [0.5, 0.6) is 0 Å². The predicted octanol–water partition coefficient (Wildman–Crippen LogP) is 2.70. The standard InChI is InChI=1S/C15H26N2O3S2/c1-5-7-10-17(6-2)15(18)14(12(3)4)16-22(19,20)13-9-8-11-21-13/h8-9,11-12,14,16H,5-7,10H2,1-4H3/t14-/m0/s1. The van der Waals surface area contributed by atoms with Gasteiger partial charge in [-0.05, 0) is 30.7 Å². The number of carbonyl (C=O) groups is 1. The van der Waals surface area contributed by atoms with Crippen molar-refractivity contribution < 1.29 is 13.2 Å². The normalized spacial score (nSPS) is 13.3. The van der Waals surface area contributed by atoms with E-state index in [1.807, 2.05) is 20.8 Å². The Morgan fingerprint density at radius 1 is 1.36 bits per heavy atom. The summed E-state index contributed by atoms with van der Waals surface area (Å²) in [6.07, 6.45) is 1.92. The lowest BCUT2D eigenvalue weighted by Gasteiger charge is -2.28. The highest BCUT2D eigenvalue weighted by Gasteiger charge is 2.31. The quantitative estimate of drug-likeness (QED) is 0.747. The summed E-state index contributed by atoms with van der Waals surface area (Å²) in [4.78, 5) is 14.4. The first kappa shape index (κ1) is 19.1. The van der Waals surface area contributed by atoms with Gasteiger partial charge < -0.3 is 4.90 Å². The molecule has 0 saturated carbocycles. The SMILES string of the molecule is CCCCN(CC)C(=O)[C@@H](NS(=O)(=O)c1cccs1)C(C)C. The van der Waals surface area contributed by atoms with Crippen molar-refractivity contribution in [3.05, 3.63) is 17.5 Å². The second-order valence-corrected chi connectivity index (χ2v) is 8.44. The molecule has 0 aromatic carbocycles. The van der Waals surface area contributed by atoms with Crippen molar-refractivity contribution in [3.63, 3.8) is 0 Å². The third-order valence-electron chi connectivity index (χ3n) is 3.45. The van der Waals surface area contributed by atoms with E-state index in [2.05, 4.69) is 11.6 Å². The summed E-state index contributed by atoms with van der Waals surface area (Å²) < 4.78 is 27.5. The van der Waals surface area contributed by atoms with Crippen LogP contribution >= 0.6 is 11.3 Å². The number of carbonyl (C=O) groups excluding carboxylic acids is 1. The molecule has 0 spiro atoms. The Labute approximate surface area is 137 Å². The Kier molecular flexibility index (Phi) is 7.52. The minimum Gasteiger partial charge on any atom is -0.342 e. The molecule has 1 atom stereocenters. The predicted molar refractivity (Wildman–Crippen MR) is 90.4 cm³/mol. The Hall–Kier alpha value is -0.920. The van der Waals surface area contributed by atoms with Crippen molar-refractivity contribution in [2.24, 2.45) is 5.92 Å². The zero-order valence-corrected chi connectivity index (χ0v) is 15.3. The molecule has 1 amide bonds. The summed E-state index contributed by atoms with van der Waals surface area (Å²) in [6, 6.07) is 2.50. The van der Waals surface area contributed by atoms with E-state index >= 15 is 0 Å². The van der Waals surface area contributed by atoms with Gasteiger partial charge in [0.2, 0.25) is 5.91 Å². The highest BCUT2D eigenvalue weighted by atomic mass is 32.2. The van der Waals surface area contributed by atoms with Gasteiger partial charge in [0.05, 0.1) is 0 Å². The number of nitrogens with zero attached hydrogens (tertiary/aromatic N) is 1. The fraction of sp³-hybridized carbons (Fsp3) is 0.667. The van der Waals surface area contributed by atoms with Crippen LogP contribution in [0.4, 0.5) is 0 Å². The van der Waals surface area contributed by atoms with Crippen LogP contribution in [0, 0.1) is 5.92 Å². The fourth-order valence-electron chi connectivity index (χ4n) is 2.08. The van der Waals surface area contributed by atoms with Crippen molar-refractivity contribution in [2.45, 2.75) is 50.8 Å². The molecule has 0 unspecified atom stereocenters. The van der Waals surface area contributed by atoms with E-state index in [9.17, 15) is 13.2 Å². The fourth-order valence-corrected chi connectivity index (χ4v) is 4.43. The first-order valence-electron chi connectivity index (χ1n) is 7.68. The Balaban J connectivity index is 2.91. The summed E-state index contributed by atoms with van der Waals surface area (Å²) in [7, 11) is -3.65. The summed E-state index contributed by atoms with van der Waals surface area (Å²) in [6.45, 7) is 8.94. The first-order chi connectivity index (χ1) is 10.3. The van der Waals surface area contributed by atoms with Crippen molar-refractivity contribution in [1.29, 1.82) is 0 Å². The third-order valence-corrected chi connectivity index (χ3v) is 6.29. The number of hydrogen-bond donors (Lipinski definition) is 1. The van der Waals surface area contributed by atoms with Gasteiger partial charge in [-0.3, -0.25) is 4.79 Å². The average Bonchev–Trinajstić information content (AvgIpc) is 3.00. The molecular weight excluding hydrogens is 320 g/mol. The number of likely N-dealkylation sites (N-methyl/N-ethyl adjacent to an activating group) is 1. The lowest BCUT2D eigenvalue weighted by atomic mass is 10.0. The van der Waals surface area contributed by atoms with Crippen LogP contribution in [0.3, 0.4) is 0 Å². The summed E-state index contributed by atoms with van der Waals surface area (Å²) in [5, 5.41) is 1.71. The highest BCUT2D eigenvalue weighted by Crippen LogP contribution is 2.18. The van der Waals surface area contributed by atoms with Gasteiger partial charge in [-0.15, -0.1) is 11.3 Å². The van der Waals surface area contributed by atoms with Crippen LogP contribution in [0.15, 0.2) is 21.7 Å². The number of thiophene rings is 1. The molecule has 0 aliphatic rings. The monoisotopic (exact) mass is 346 g/mol. The van der Waals surface area contributed by atoms with Gasteiger partial charge in [-0.1, -0.05) is 33.3 Å². The van der Waals surface area contributed by atoms with Gasteiger partial charge in [0, 0.05) is 13.1 Å². The van der Waals surface area contributed by atoms with E-state index < -0.39 is 16.1 Å². The molecule has 1 N–H and O–H groups in total. The van der Waals surface area contributed by atoms with E-state index in [1.54, 1.807) is 22.4 Å². The van der Waals surface area contributed by atoms with E-state index in [1.165, 1.54) is 0 Å². The zero-order chi connectivity index (χ0) is 16.8. The largest absolute Gasteiger partial charge is 0.342 e. The van der Waals surface area contributed by atoms with Crippen LogP contribution < -0.4 is 4.72 Å². The Bertz CT molecular complexity index is 553. The maximum Gasteiger partial charge on any atom is 0.250 e. The number of unbranched alkanes of at least 4 members (excludes halogenated alkanes) is 1. The third kappa shape index (κ3) is 5.07. The molecule has 5 nitrogen and oxygen atoms in total. The smallest absolute Gasteiger partial charge is 0.250 e. The van der Waals surface area contributed by atoms with Crippen molar-refractivity contribution >= 4 is 27.3 Å². The van der Waals surface area contributed by atoms with E-state index in [4.69, 9.17) is 0 Å². The lowest BCUT2D eigenvalue weighted by Crippen LogP contribution is -2.51. The summed E-state index contributed by atoms with van der Waals surface area (Å²) in [5.41, 5.74) is 0. The molecule has 1 heterocycles. The molecule has 7 heteroatoms. The van der Waals surface area contributed by atoms with Crippen LogP contribution in [0.1, 0.15) is 40.5 Å². The van der Waals surface area contributed by atoms with Crippen LogP contribution in [0.2, 0.25) is 0 Å². The molecule has 0 aliphatic heterocycles. The molecule has 0 radical (unpaired) electrons. The molecule has 22 heavy (non-hydrogen) atoms. The lowest BCUT2D eigenvalue weighted by molar-refractivity contribution is -0.133. The minimum atomic E-state index is -3.65. The maximum absolute atomic E-state index is 12.7. The van der Waals surface area contributed by atoms with Gasteiger partial charge in [-0.2, -0.15) is 4.72 Å². The van der Waals surface area contributed by atoms with Crippen LogP contribution in [0.25, 0.3) is 0 Å². The van der Waals surface area contributed by atoms with Crippen LogP contribution in [-0.2, 0) is 14.8 Å². The second-order valence-electron chi connectivity index (χ2n) is 5.55. The van der Waals surface area contributed by atoms with E-state index in [0.717, 1.165) is 24.2 Å². The zero-order valence-electron chi connectivity index (χ0n) is 13.7. The maximum atomic E-state index is 12.7. The molecule has 0 bridgehead atoms. The number of nitrogens with one attached hydrogen (secondary N) is 1. The van der Waals surface area contributed by atoms with Crippen molar-refractivity contribution in [1.82, 2.24) is 9.62 Å². The molecule has 0 fully saturated rings.